The van der Waals surface area contributed by atoms with E-state index in [1.165, 1.54) is 5.56 Å². The maximum Gasteiger partial charge on any atom is 0.326 e. The van der Waals surface area contributed by atoms with E-state index < -0.39 is 6.04 Å². The summed E-state index contributed by atoms with van der Waals surface area (Å²) in [5.41, 5.74) is 7.40. The lowest BCUT2D eigenvalue weighted by Gasteiger charge is -2.35. The molecular formula is C30H30N4O3. The molecule has 37 heavy (non-hydrogen) atoms. The lowest BCUT2D eigenvalue weighted by molar-refractivity contribution is 0.244. The van der Waals surface area contributed by atoms with Gasteiger partial charge in [0.15, 0.2) is 0 Å². The number of carbonyl (C=O) groups is 1. The third kappa shape index (κ3) is 4.72. The zero-order valence-electron chi connectivity index (χ0n) is 21.7. The molecule has 7 nitrogen and oxygen atoms in total. The molecular weight excluding hydrogens is 464 g/mol. The molecule has 3 aromatic carbocycles. The van der Waals surface area contributed by atoms with Crippen LogP contribution in [0.25, 0.3) is 17.0 Å². The molecule has 0 spiro atoms. The molecule has 5 rings (SSSR count). The van der Waals surface area contributed by atoms with Crippen molar-refractivity contribution in [2.45, 2.75) is 40.2 Å². The van der Waals surface area contributed by atoms with Crippen molar-refractivity contribution in [2.75, 3.05) is 12.0 Å². The number of carbonyl (C=O) groups excluding carboxylic acids is 1. The summed E-state index contributed by atoms with van der Waals surface area (Å²) in [7, 11) is 1.63. The fraction of sp³-hybridized carbons (Fsp3) is 0.233. The Morgan fingerprint density at radius 3 is 2.27 bits per heavy atom. The lowest BCUT2D eigenvalue weighted by Crippen LogP contribution is -2.46. The van der Waals surface area contributed by atoms with Crippen LogP contribution in [-0.2, 0) is 6.42 Å². The van der Waals surface area contributed by atoms with Crippen molar-refractivity contribution < 1.29 is 14.1 Å². The van der Waals surface area contributed by atoms with Crippen LogP contribution in [0.4, 0.5) is 10.5 Å². The summed E-state index contributed by atoms with van der Waals surface area (Å²) in [6.07, 6.45) is 0.960. The van der Waals surface area contributed by atoms with E-state index in [4.69, 9.17) is 14.2 Å². The second-order valence-electron chi connectivity index (χ2n) is 9.31. The average Bonchev–Trinajstić information content (AvgIpc) is 3.37. The van der Waals surface area contributed by atoms with Gasteiger partial charge in [-0.1, -0.05) is 54.5 Å². The number of urea groups is 1. The van der Waals surface area contributed by atoms with Crippen molar-refractivity contribution in [3.63, 3.8) is 0 Å². The minimum Gasteiger partial charge on any atom is -0.497 e. The molecule has 1 atom stereocenters. The first-order valence-electron chi connectivity index (χ1n) is 12.3. The standard InChI is InChI=1S/C30H30N4O3/c1-6-21-7-9-23(10-8-21)28-32-29(37-33-28)26-20(4)34(24-16-18(2)15-19(3)17-24)30(35)31-27(26)22-11-13-25(36-5)14-12-22/h7-17,27H,6H2,1-5H3,(H,31,35). The van der Waals surface area contributed by atoms with E-state index in [-0.39, 0.29) is 6.03 Å². The Bertz CT molecular complexity index is 1450. The molecule has 0 fully saturated rings. The summed E-state index contributed by atoms with van der Waals surface area (Å²) in [5.74, 6) is 1.60. The van der Waals surface area contributed by atoms with E-state index in [9.17, 15) is 4.79 Å². The SMILES string of the molecule is CCc1ccc(-c2noc(C3=C(C)N(c4cc(C)cc(C)c4)C(=O)NC3c3ccc(OC)cc3)n2)cc1. The molecule has 0 bridgehead atoms. The van der Waals surface area contributed by atoms with Crippen LogP contribution in [0.2, 0.25) is 0 Å². The van der Waals surface area contributed by atoms with Crippen LogP contribution < -0.4 is 15.0 Å². The summed E-state index contributed by atoms with van der Waals surface area (Å²) in [6, 6.07) is 21.1. The first kappa shape index (κ1) is 24.3. The zero-order valence-corrected chi connectivity index (χ0v) is 21.7. The first-order chi connectivity index (χ1) is 17.9. The summed E-state index contributed by atoms with van der Waals surface area (Å²) >= 11 is 0. The molecule has 1 aromatic heterocycles. The van der Waals surface area contributed by atoms with Gasteiger partial charge in [0, 0.05) is 11.3 Å². The van der Waals surface area contributed by atoms with Crippen molar-refractivity contribution in [3.8, 4) is 17.1 Å². The quantitative estimate of drug-likeness (QED) is 0.326. The number of ether oxygens (including phenoxy) is 1. The Morgan fingerprint density at radius 2 is 1.65 bits per heavy atom. The second kappa shape index (κ2) is 9.93. The molecule has 4 aromatic rings. The Hall–Kier alpha value is -4.39. The maximum atomic E-state index is 13.5. The van der Waals surface area contributed by atoms with Crippen LogP contribution in [0.1, 0.15) is 48.0 Å². The Balaban J connectivity index is 1.64. The van der Waals surface area contributed by atoms with Crippen molar-refractivity contribution in [3.05, 3.63) is 101 Å². The van der Waals surface area contributed by atoms with Gasteiger partial charge in [-0.25, -0.2) is 4.79 Å². The predicted octanol–water partition coefficient (Wildman–Crippen LogP) is 6.63. The van der Waals surface area contributed by atoms with Crippen LogP contribution in [-0.4, -0.2) is 23.3 Å². The van der Waals surface area contributed by atoms with Gasteiger partial charge in [0.1, 0.15) is 5.75 Å². The van der Waals surface area contributed by atoms with E-state index in [2.05, 4.69) is 35.6 Å². The highest BCUT2D eigenvalue weighted by Crippen LogP contribution is 2.39. The number of amides is 2. The summed E-state index contributed by atoms with van der Waals surface area (Å²) in [4.78, 5) is 19.9. The third-order valence-corrected chi connectivity index (χ3v) is 6.68. The molecule has 7 heteroatoms. The summed E-state index contributed by atoms with van der Waals surface area (Å²) in [5, 5.41) is 7.44. The number of anilines is 1. The van der Waals surface area contributed by atoms with Gasteiger partial charge < -0.3 is 14.6 Å². The molecule has 0 saturated carbocycles. The van der Waals surface area contributed by atoms with Crippen LogP contribution >= 0.6 is 0 Å². The molecule has 0 aliphatic carbocycles. The van der Waals surface area contributed by atoms with Crippen molar-refractivity contribution in [2.24, 2.45) is 0 Å². The number of hydrogen-bond donors (Lipinski definition) is 1. The maximum absolute atomic E-state index is 13.5. The normalized spacial score (nSPS) is 15.6. The Morgan fingerprint density at radius 1 is 0.973 bits per heavy atom. The number of aromatic nitrogens is 2. The van der Waals surface area contributed by atoms with Gasteiger partial charge in [0.25, 0.3) is 5.89 Å². The van der Waals surface area contributed by atoms with E-state index in [1.807, 2.05) is 69.3 Å². The van der Waals surface area contributed by atoms with E-state index in [0.29, 0.717) is 11.7 Å². The number of rotatable bonds is 6. The molecule has 1 N–H and O–H groups in total. The van der Waals surface area contributed by atoms with Crippen LogP contribution in [0.3, 0.4) is 0 Å². The van der Waals surface area contributed by atoms with Crippen LogP contribution in [0.5, 0.6) is 5.75 Å². The lowest BCUT2D eigenvalue weighted by atomic mass is 9.94. The molecule has 0 saturated heterocycles. The van der Waals surface area contributed by atoms with Crippen molar-refractivity contribution in [1.29, 1.82) is 0 Å². The predicted molar refractivity (Wildman–Crippen MR) is 144 cm³/mol. The fourth-order valence-electron chi connectivity index (χ4n) is 4.80. The van der Waals surface area contributed by atoms with Gasteiger partial charge in [0.2, 0.25) is 5.82 Å². The molecule has 0 radical (unpaired) electrons. The number of aryl methyl sites for hydroxylation is 3. The van der Waals surface area contributed by atoms with Gasteiger partial charge in [-0.2, -0.15) is 4.98 Å². The molecule has 188 valence electrons. The highest BCUT2D eigenvalue weighted by Gasteiger charge is 2.36. The van der Waals surface area contributed by atoms with Crippen molar-refractivity contribution >= 4 is 17.3 Å². The minimum atomic E-state index is -0.476. The molecule has 2 amide bonds. The molecule has 1 aliphatic rings. The molecule has 2 heterocycles. The fourth-order valence-corrected chi connectivity index (χ4v) is 4.80. The highest BCUT2D eigenvalue weighted by atomic mass is 16.5. The topological polar surface area (TPSA) is 80.5 Å². The van der Waals surface area contributed by atoms with E-state index >= 15 is 0 Å². The number of hydrogen-bond acceptors (Lipinski definition) is 5. The van der Waals surface area contributed by atoms with Crippen molar-refractivity contribution in [1.82, 2.24) is 15.5 Å². The number of allylic oxidation sites excluding steroid dienone is 1. The van der Waals surface area contributed by atoms with Gasteiger partial charge in [0.05, 0.1) is 24.4 Å². The largest absolute Gasteiger partial charge is 0.497 e. The monoisotopic (exact) mass is 494 g/mol. The Kier molecular flexibility index (Phi) is 6.53. The van der Waals surface area contributed by atoms with Gasteiger partial charge >= 0.3 is 6.03 Å². The first-order valence-corrected chi connectivity index (χ1v) is 12.3. The van der Waals surface area contributed by atoms with Gasteiger partial charge in [-0.05, 0) is 73.7 Å². The molecule has 1 unspecified atom stereocenters. The number of methoxy groups -OCH3 is 1. The van der Waals surface area contributed by atoms with Gasteiger partial charge in [-0.15, -0.1) is 0 Å². The smallest absolute Gasteiger partial charge is 0.326 e. The number of nitrogens with zero attached hydrogens (tertiary/aromatic N) is 3. The van der Waals surface area contributed by atoms with Crippen LogP contribution in [0.15, 0.2) is 77.0 Å². The number of benzene rings is 3. The van der Waals surface area contributed by atoms with Gasteiger partial charge in [-0.3, -0.25) is 4.90 Å². The number of nitrogens with one attached hydrogen (secondary N) is 1. The summed E-state index contributed by atoms with van der Waals surface area (Å²) in [6.45, 7) is 8.08. The van der Waals surface area contributed by atoms with E-state index in [0.717, 1.165) is 51.4 Å². The highest BCUT2D eigenvalue weighted by molar-refractivity contribution is 6.01. The zero-order chi connectivity index (χ0) is 26.1. The van der Waals surface area contributed by atoms with Crippen LogP contribution in [0, 0.1) is 13.8 Å². The second-order valence-corrected chi connectivity index (χ2v) is 9.31. The average molecular weight is 495 g/mol. The third-order valence-electron chi connectivity index (χ3n) is 6.68. The summed E-state index contributed by atoms with van der Waals surface area (Å²) < 4.78 is 11.2. The Labute approximate surface area is 216 Å². The van der Waals surface area contributed by atoms with E-state index in [1.54, 1.807) is 12.0 Å². The minimum absolute atomic E-state index is 0.220. The molecule has 1 aliphatic heterocycles.